The zero-order valence-corrected chi connectivity index (χ0v) is 20.4. The van der Waals surface area contributed by atoms with Crippen molar-refractivity contribution < 1.29 is 23.1 Å². The number of nitrogens with zero attached hydrogens (tertiary/aromatic N) is 2. The molecule has 174 valence electrons. The standard InChI is InChI=1S/C23H22Cl2N2O5S/c1-14(2)27(33(30,31)22-6-4-5-9-26-22)20-12-18(24)15(3)10-21(20)32-13-17-8-7-16(23(28)29)11-19(17)25/h4-12,14H,13H2,1-3H3,(H,28,29). The number of hydrogen-bond acceptors (Lipinski definition) is 5. The third-order valence-corrected chi connectivity index (χ3v) is 7.46. The van der Waals surface area contributed by atoms with E-state index in [4.69, 9.17) is 33.0 Å². The van der Waals surface area contributed by atoms with E-state index in [0.717, 1.165) is 0 Å². The second-order valence-corrected chi connectivity index (χ2v) is 10.1. The fourth-order valence-corrected chi connectivity index (χ4v) is 5.17. The lowest BCUT2D eigenvalue weighted by Gasteiger charge is -2.30. The minimum Gasteiger partial charge on any atom is -0.487 e. The number of sulfonamides is 1. The van der Waals surface area contributed by atoms with E-state index in [1.807, 2.05) is 0 Å². The van der Waals surface area contributed by atoms with Crippen molar-refractivity contribution in [1.29, 1.82) is 0 Å². The smallest absolute Gasteiger partial charge is 0.335 e. The first-order chi connectivity index (χ1) is 15.5. The molecule has 0 fully saturated rings. The molecule has 1 aromatic heterocycles. The number of ether oxygens (including phenoxy) is 1. The highest BCUT2D eigenvalue weighted by molar-refractivity contribution is 7.92. The van der Waals surface area contributed by atoms with E-state index in [9.17, 15) is 13.2 Å². The predicted octanol–water partition coefficient (Wildman–Crippen LogP) is 5.58. The molecular weight excluding hydrogens is 487 g/mol. The van der Waals surface area contributed by atoms with Gasteiger partial charge in [0.2, 0.25) is 0 Å². The Morgan fingerprint density at radius 3 is 2.42 bits per heavy atom. The molecule has 3 rings (SSSR count). The molecule has 0 bridgehead atoms. The first-order valence-electron chi connectivity index (χ1n) is 9.92. The summed E-state index contributed by atoms with van der Waals surface area (Å²) in [7, 11) is -4.02. The highest BCUT2D eigenvalue weighted by atomic mass is 35.5. The van der Waals surface area contributed by atoms with Gasteiger partial charge in [0, 0.05) is 27.8 Å². The van der Waals surface area contributed by atoms with Crippen LogP contribution in [0.2, 0.25) is 10.0 Å². The summed E-state index contributed by atoms with van der Waals surface area (Å²) in [4.78, 5) is 15.1. The summed E-state index contributed by atoms with van der Waals surface area (Å²) < 4.78 is 34.1. The number of halogens is 2. The highest BCUT2D eigenvalue weighted by Crippen LogP contribution is 2.38. The molecule has 3 aromatic rings. The monoisotopic (exact) mass is 508 g/mol. The SMILES string of the molecule is Cc1cc(OCc2ccc(C(=O)O)cc2Cl)c(N(C(C)C)S(=O)(=O)c2ccccn2)cc1Cl. The molecular formula is C23H22Cl2N2O5S. The van der Waals surface area contributed by atoms with E-state index >= 15 is 0 Å². The molecule has 1 N–H and O–H groups in total. The van der Waals surface area contributed by atoms with Crippen molar-refractivity contribution in [2.45, 2.75) is 38.4 Å². The minimum atomic E-state index is -4.02. The molecule has 0 unspecified atom stereocenters. The maximum absolute atomic E-state index is 13.4. The number of aromatic nitrogens is 1. The van der Waals surface area contributed by atoms with Gasteiger partial charge < -0.3 is 9.84 Å². The number of aromatic carboxylic acids is 1. The number of pyridine rings is 1. The molecule has 0 atom stereocenters. The number of carboxylic acids is 1. The summed E-state index contributed by atoms with van der Waals surface area (Å²) in [6, 6.07) is 11.7. The Morgan fingerprint density at radius 2 is 1.85 bits per heavy atom. The number of carboxylic acid groups (broad SMARTS) is 1. The van der Waals surface area contributed by atoms with Crippen molar-refractivity contribution in [3.05, 3.63) is 81.5 Å². The van der Waals surface area contributed by atoms with Crippen LogP contribution in [0.15, 0.2) is 59.8 Å². The van der Waals surface area contributed by atoms with E-state index in [2.05, 4.69) is 4.98 Å². The maximum atomic E-state index is 13.4. The fraction of sp³-hybridized carbons (Fsp3) is 0.217. The molecule has 0 aliphatic rings. The van der Waals surface area contributed by atoms with Gasteiger partial charge in [-0.25, -0.2) is 9.78 Å². The van der Waals surface area contributed by atoms with Crippen LogP contribution in [-0.4, -0.2) is 30.5 Å². The summed E-state index contributed by atoms with van der Waals surface area (Å²) in [6.07, 6.45) is 1.41. The number of anilines is 1. The number of rotatable bonds is 8. The van der Waals surface area contributed by atoms with Gasteiger partial charge in [-0.2, -0.15) is 8.42 Å². The van der Waals surface area contributed by atoms with E-state index < -0.39 is 22.0 Å². The first kappa shape index (κ1) is 24.8. The van der Waals surface area contributed by atoms with Crippen LogP contribution in [0.5, 0.6) is 5.75 Å². The topological polar surface area (TPSA) is 96.8 Å². The Kier molecular flexibility index (Phi) is 7.51. The maximum Gasteiger partial charge on any atom is 0.335 e. The van der Waals surface area contributed by atoms with Crippen molar-refractivity contribution >= 4 is 44.9 Å². The van der Waals surface area contributed by atoms with E-state index in [0.29, 0.717) is 16.1 Å². The molecule has 0 spiro atoms. The van der Waals surface area contributed by atoms with Crippen molar-refractivity contribution in [3.8, 4) is 5.75 Å². The second-order valence-electron chi connectivity index (χ2n) is 7.53. The number of carbonyl (C=O) groups is 1. The third-order valence-electron chi connectivity index (χ3n) is 4.79. The van der Waals surface area contributed by atoms with Crippen LogP contribution in [0.1, 0.15) is 35.3 Å². The Labute approximate surface area is 202 Å². The molecule has 0 amide bonds. The van der Waals surface area contributed by atoms with Gasteiger partial charge >= 0.3 is 5.97 Å². The van der Waals surface area contributed by atoms with Gasteiger partial charge in [0.15, 0.2) is 5.03 Å². The highest BCUT2D eigenvalue weighted by Gasteiger charge is 2.31. The van der Waals surface area contributed by atoms with Crippen molar-refractivity contribution in [2.24, 2.45) is 0 Å². The van der Waals surface area contributed by atoms with Gasteiger partial charge in [-0.15, -0.1) is 0 Å². The van der Waals surface area contributed by atoms with Crippen LogP contribution in [0.4, 0.5) is 5.69 Å². The molecule has 0 radical (unpaired) electrons. The van der Waals surface area contributed by atoms with E-state index in [1.165, 1.54) is 28.7 Å². The predicted molar refractivity (Wildman–Crippen MR) is 128 cm³/mol. The first-order valence-corrected chi connectivity index (χ1v) is 12.1. The molecule has 7 nitrogen and oxygen atoms in total. The lowest BCUT2D eigenvalue weighted by atomic mass is 10.1. The molecule has 0 aliphatic heterocycles. The van der Waals surface area contributed by atoms with Crippen molar-refractivity contribution in [2.75, 3.05) is 4.31 Å². The van der Waals surface area contributed by atoms with Crippen LogP contribution < -0.4 is 9.04 Å². The van der Waals surface area contributed by atoms with Crippen LogP contribution in [0, 0.1) is 6.92 Å². The Morgan fingerprint density at radius 1 is 1.12 bits per heavy atom. The van der Waals surface area contributed by atoms with Gasteiger partial charge in [0.05, 0.1) is 11.3 Å². The lowest BCUT2D eigenvalue weighted by Crippen LogP contribution is -2.37. The molecule has 10 heteroatoms. The molecule has 0 saturated carbocycles. The van der Waals surface area contributed by atoms with Gasteiger partial charge in [-0.05, 0) is 62.7 Å². The van der Waals surface area contributed by atoms with Gasteiger partial charge in [0.1, 0.15) is 12.4 Å². The van der Waals surface area contributed by atoms with Crippen LogP contribution in [0.3, 0.4) is 0 Å². The van der Waals surface area contributed by atoms with E-state index in [1.54, 1.807) is 51.1 Å². The normalized spacial score (nSPS) is 11.5. The van der Waals surface area contributed by atoms with Crippen LogP contribution >= 0.6 is 23.2 Å². The molecule has 2 aromatic carbocycles. The van der Waals surface area contributed by atoms with Crippen molar-refractivity contribution in [3.63, 3.8) is 0 Å². The quantitative estimate of drug-likeness (QED) is 0.426. The van der Waals surface area contributed by atoms with Crippen LogP contribution in [0.25, 0.3) is 0 Å². The third kappa shape index (κ3) is 5.40. The largest absolute Gasteiger partial charge is 0.487 e. The van der Waals surface area contributed by atoms with Crippen LogP contribution in [-0.2, 0) is 16.6 Å². The molecule has 0 saturated heterocycles. The molecule has 33 heavy (non-hydrogen) atoms. The van der Waals surface area contributed by atoms with E-state index in [-0.39, 0.29) is 33.7 Å². The summed E-state index contributed by atoms with van der Waals surface area (Å²) >= 11 is 12.6. The second kappa shape index (κ2) is 9.99. The Bertz CT molecular complexity index is 1280. The average molecular weight is 509 g/mol. The van der Waals surface area contributed by atoms with Crippen molar-refractivity contribution in [1.82, 2.24) is 4.98 Å². The number of benzene rings is 2. The number of hydrogen-bond donors (Lipinski definition) is 1. The summed E-state index contributed by atoms with van der Waals surface area (Å²) in [5.41, 5.74) is 1.55. The zero-order chi connectivity index (χ0) is 24.3. The summed E-state index contributed by atoms with van der Waals surface area (Å²) in [6.45, 7) is 5.24. The van der Waals surface area contributed by atoms with Gasteiger partial charge in [-0.3, -0.25) is 4.31 Å². The summed E-state index contributed by atoms with van der Waals surface area (Å²) in [5, 5.41) is 9.61. The molecule has 0 aliphatic carbocycles. The van der Waals surface area contributed by atoms with Gasteiger partial charge in [0.25, 0.3) is 10.0 Å². The Hall–Kier alpha value is -2.81. The molecule has 1 heterocycles. The zero-order valence-electron chi connectivity index (χ0n) is 18.1. The lowest BCUT2D eigenvalue weighted by molar-refractivity contribution is 0.0697. The fourth-order valence-electron chi connectivity index (χ4n) is 3.17. The van der Waals surface area contributed by atoms with Gasteiger partial charge in [-0.1, -0.05) is 35.3 Å². The number of aryl methyl sites for hydroxylation is 1. The summed E-state index contributed by atoms with van der Waals surface area (Å²) in [5.74, 6) is -0.809. The minimum absolute atomic E-state index is 0.0115. The Balaban J connectivity index is 2.04. The average Bonchev–Trinajstić information content (AvgIpc) is 2.76.